The summed E-state index contributed by atoms with van der Waals surface area (Å²) in [5.74, 6) is 0.676. The molecule has 0 spiro atoms. The molecular formula is C15H24N2O2. The van der Waals surface area contributed by atoms with E-state index in [0.717, 1.165) is 24.1 Å². The highest BCUT2D eigenvalue weighted by Crippen LogP contribution is 2.11. The fraction of sp³-hybridized carbons (Fsp3) is 0.533. The van der Waals surface area contributed by atoms with E-state index in [1.165, 1.54) is 0 Å². The molecule has 0 fully saturated rings. The van der Waals surface area contributed by atoms with E-state index in [2.05, 4.69) is 24.5 Å². The van der Waals surface area contributed by atoms with Crippen molar-refractivity contribution in [3.63, 3.8) is 0 Å². The van der Waals surface area contributed by atoms with Gasteiger partial charge >= 0.3 is 6.03 Å². The summed E-state index contributed by atoms with van der Waals surface area (Å²) in [7, 11) is 1.65. The van der Waals surface area contributed by atoms with Crippen LogP contribution >= 0.6 is 0 Å². The number of carbonyl (C=O) groups is 1. The van der Waals surface area contributed by atoms with E-state index in [1.807, 2.05) is 24.3 Å². The third-order valence-corrected chi connectivity index (χ3v) is 2.74. The van der Waals surface area contributed by atoms with Crippen LogP contribution in [0, 0.1) is 5.92 Å². The Balaban J connectivity index is 2.33. The quantitative estimate of drug-likeness (QED) is 0.742. The number of anilines is 1. The van der Waals surface area contributed by atoms with Crippen molar-refractivity contribution >= 4 is 11.7 Å². The normalized spacial score (nSPS) is 10.5. The van der Waals surface area contributed by atoms with E-state index >= 15 is 0 Å². The predicted molar refractivity (Wildman–Crippen MR) is 78.2 cm³/mol. The SMILES string of the molecule is COCc1cccc(NC(=O)NCCCC(C)C)c1. The second-order valence-electron chi connectivity index (χ2n) is 5.05. The van der Waals surface area contributed by atoms with Crippen LogP contribution in [0.25, 0.3) is 0 Å². The molecule has 0 unspecified atom stereocenters. The van der Waals surface area contributed by atoms with Gasteiger partial charge in [0.05, 0.1) is 6.61 Å². The van der Waals surface area contributed by atoms with Crippen LogP contribution in [0.3, 0.4) is 0 Å². The van der Waals surface area contributed by atoms with Crippen LogP contribution in [0.2, 0.25) is 0 Å². The molecule has 1 aromatic rings. The second kappa shape index (κ2) is 8.53. The number of amides is 2. The molecule has 0 aliphatic heterocycles. The van der Waals surface area contributed by atoms with Gasteiger partial charge in [0.2, 0.25) is 0 Å². The summed E-state index contributed by atoms with van der Waals surface area (Å²) in [6.07, 6.45) is 2.14. The summed E-state index contributed by atoms with van der Waals surface area (Å²) in [5.41, 5.74) is 1.83. The summed E-state index contributed by atoms with van der Waals surface area (Å²) >= 11 is 0. The molecule has 4 nitrogen and oxygen atoms in total. The third kappa shape index (κ3) is 6.82. The van der Waals surface area contributed by atoms with Gasteiger partial charge in [-0.25, -0.2) is 4.79 Å². The Hall–Kier alpha value is -1.55. The highest BCUT2D eigenvalue weighted by molar-refractivity contribution is 5.89. The molecule has 0 aliphatic carbocycles. The van der Waals surface area contributed by atoms with Gasteiger partial charge in [0.25, 0.3) is 0 Å². The Bertz CT molecular complexity index is 391. The zero-order chi connectivity index (χ0) is 14.1. The molecule has 2 N–H and O–H groups in total. The van der Waals surface area contributed by atoms with Gasteiger partial charge in [-0.05, 0) is 36.5 Å². The number of benzene rings is 1. The first kappa shape index (κ1) is 15.5. The first-order chi connectivity index (χ1) is 9.11. The summed E-state index contributed by atoms with van der Waals surface area (Å²) in [5, 5.41) is 5.68. The maximum atomic E-state index is 11.7. The van der Waals surface area contributed by atoms with E-state index in [4.69, 9.17) is 4.74 Å². The molecule has 0 heterocycles. The van der Waals surface area contributed by atoms with Gasteiger partial charge in [0.1, 0.15) is 0 Å². The van der Waals surface area contributed by atoms with Crippen LogP contribution in [0.15, 0.2) is 24.3 Å². The minimum atomic E-state index is -0.154. The van der Waals surface area contributed by atoms with E-state index in [1.54, 1.807) is 7.11 Å². The van der Waals surface area contributed by atoms with Gasteiger partial charge in [-0.15, -0.1) is 0 Å². The minimum Gasteiger partial charge on any atom is -0.380 e. The molecule has 0 saturated carbocycles. The van der Waals surface area contributed by atoms with Gasteiger partial charge in [0.15, 0.2) is 0 Å². The lowest BCUT2D eigenvalue weighted by atomic mass is 10.1. The van der Waals surface area contributed by atoms with Gasteiger partial charge in [-0.1, -0.05) is 26.0 Å². The number of methoxy groups -OCH3 is 1. The first-order valence-corrected chi connectivity index (χ1v) is 6.74. The molecule has 0 aromatic heterocycles. The lowest BCUT2D eigenvalue weighted by Gasteiger charge is -2.09. The lowest BCUT2D eigenvalue weighted by molar-refractivity contribution is 0.185. The van der Waals surface area contributed by atoms with Crippen molar-refractivity contribution < 1.29 is 9.53 Å². The zero-order valence-electron chi connectivity index (χ0n) is 12.0. The molecule has 0 aliphatic rings. The molecule has 0 atom stereocenters. The molecule has 19 heavy (non-hydrogen) atoms. The van der Waals surface area contributed by atoms with Crippen LogP contribution in [-0.4, -0.2) is 19.7 Å². The summed E-state index contributed by atoms with van der Waals surface area (Å²) in [6.45, 7) is 5.62. The average Bonchev–Trinajstić information content (AvgIpc) is 2.35. The fourth-order valence-electron chi connectivity index (χ4n) is 1.79. The highest BCUT2D eigenvalue weighted by atomic mass is 16.5. The Labute approximate surface area is 115 Å². The molecule has 2 amide bonds. The van der Waals surface area contributed by atoms with Gasteiger partial charge < -0.3 is 15.4 Å². The Morgan fingerprint density at radius 3 is 2.84 bits per heavy atom. The predicted octanol–water partition coefficient (Wildman–Crippen LogP) is 3.39. The van der Waals surface area contributed by atoms with Crippen LogP contribution in [0.4, 0.5) is 10.5 Å². The number of carbonyl (C=O) groups excluding carboxylic acids is 1. The van der Waals surface area contributed by atoms with E-state index in [-0.39, 0.29) is 6.03 Å². The Kier molecular flexibility index (Phi) is 6.97. The van der Waals surface area contributed by atoms with Crippen molar-refractivity contribution in [1.29, 1.82) is 0 Å². The molecule has 1 aromatic carbocycles. The maximum absolute atomic E-state index is 11.7. The molecule has 0 bridgehead atoms. The topological polar surface area (TPSA) is 50.4 Å². The number of ether oxygens (including phenoxy) is 1. The van der Waals surface area contributed by atoms with E-state index in [0.29, 0.717) is 19.1 Å². The highest BCUT2D eigenvalue weighted by Gasteiger charge is 2.02. The standard InChI is InChI=1S/C15H24N2O2/c1-12(2)6-5-9-16-15(18)17-14-8-4-7-13(10-14)11-19-3/h4,7-8,10,12H,5-6,9,11H2,1-3H3,(H2,16,17,18). The summed E-state index contributed by atoms with van der Waals surface area (Å²) in [4.78, 5) is 11.7. The summed E-state index contributed by atoms with van der Waals surface area (Å²) in [6, 6.07) is 7.50. The number of nitrogens with one attached hydrogen (secondary N) is 2. The molecule has 106 valence electrons. The number of hydrogen-bond acceptors (Lipinski definition) is 2. The van der Waals surface area contributed by atoms with Gasteiger partial charge in [0, 0.05) is 19.3 Å². The molecule has 4 heteroatoms. The van der Waals surface area contributed by atoms with Crippen molar-refractivity contribution in [2.75, 3.05) is 19.0 Å². The third-order valence-electron chi connectivity index (χ3n) is 2.74. The van der Waals surface area contributed by atoms with Crippen LogP contribution < -0.4 is 10.6 Å². The molecule has 1 rings (SSSR count). The van der Waals surface area contributed by atoms with E-state index < -0.39 is 0 Å². The molecule has 0 saturated heterocycles. The minimum absolute atomic E-state index is 0.154. The number of hydrogen-bond donors (Lipinski definition) is 2. The monoisotopic (exact) mass is 264 g/mol. The first-order valence-electron chi connectivity index (χ1n) is 6.74. The smallest absolute Gasteiger partial charge is 0.319 e. The fourth-order valence-corrected chi connectivity index (χ4v) is 1.79. The lowest BCUT2D eigenvalue weighted by Crippen LogP contribution is -2.29. The zero-order valence-corrected chi connectivity index (χ0v) is 12.0. The largest absolute Gasteiger partial charge is 0.380 e. The van der Waals surface area contributed by atoms with Crippen molar-refractivity contribution in [2.45, 2.75) is 33.3 Å². The maximum Gasteiger partial charge on any atom is 0.319 e. The van der Waals surface area contributed by atoms with Crippen molar-refractivity contribution in [1.82, 2.24) is 5.32 Å². The molecular weight excluding hydrogens is 240 g/mol. The van der Waals surface area contributed by atoms with Crippen LogP contribution in [0.5, 0.6) is 0 Å². The van der Waals surface area contributed by atoms with Gasteiger partial charge in [-0.3, -0.25) is 0 Å². The van der Waals surface area contributed by atoms with Crippen molar-refractivity contribution in [3.05, 3.63) is 29.8 Å². The van der Waals surface area contributed by atoms with Crippen molar-refractivity contribution in [2.24, 2.45) is 5.92 Å². The van der Waals surface area contributed by atoms with E-state index in [9.17, 15) is 4.79 Å². The average molecular weight is 264 g/mol. The number of urea groups is 1. The van der Waals surface area contributed by atoms with Crippen molar-refractivity contribution in [3.8, 4) is 0 Å². The summed E-state index contributed by atoms with van der Waals surface area (Å²) < 4.78 is 5.06. The number of rotatable bonds is 7. The van der Waals surface area contributed by atoms with Gasteiger partial charge in [-0.2, -0.15) is 0 Å². The van der Waals surface area contributed by atoms with Crippen LogP contribution in [0.1, 0.15) is 32.3 Å². The molecule has 0 radical (unpaired) electrons. The van der Waals surface area contributed by atoms with Crippen LogP contribution in [-0.2, 0) is 11.3 Å². The Morgan fingerprint density at radius 2 is 2.16 bits per heavy atom. The Morgan fingerprint density at radius 1 is 1.37 bits per heavy atom. The second-order valence-corrected chi connectivity index (χ2v) is 5.05.